The Morgan fingerprint density at radius 3 is 1.16 bits per heavy atom. The van der Waals surface area contributed by atoms with Gasteiger partial charge in [-0.3, -0.25) is 0 Å². The Balaban J connectivity index is 3.66. The van der Waals surface area contributed by atoms with Crippen LogP contribution in [0.25, 0.3) is 0 Å². The molecule has 0 aromatic heterocycles. The molecule has 19 heavy (non-hydrogen) atoms. The summed E-state index contributed by atoms with van der Waals surface area (Å²) in [6.07, 6.45) is 0. The van der Waals surface area contributed by atoms with Crippen molar-refractivity contribution in [1.29, 1.82) is 0 Å². The molecule has 0 atom stereocenters. The summed E-state index contributed by atoms with van der Waals surface area (Å²) in [6.45, 7) is 0. The van der Waals surface area contributed by atoms with Crippen LogP contribution in [0.4, 0.5) is 0 Å². The highest BCUT2D eigenvalue weighted by Crippen LogP contribution is 2.52. The van der Waals surface area contributed by atoms with Crippen molar-refractivity contribution in [2.75, 3.05) is 0 Å². The smallest absolute Gasteiger partial charge is 0.0839 e. The molecule has 10 heteroatoms. The number of rotatable bonds is 0. The Kier molecular flexibility index (Phi) is 6.37. The van der Waals surface area contributed by atoms with Crippen LogP contribution in [0.2, 0.25) is 5.02 Å². The fraction of sp³-hybridized carbons (Fsp3) is 0.333. The summed E-state index contributed by atoms with van der Waals surface area (Å²) in [5.41, 5.74) is 0.252. The van der Waals surface area contributed by atoms with Crippen molar-refractivity contribution >= 4 is 116 Å². The second-order valence-electron chi connectivity index (χ2n) is 3.37. The number of hydrogen-bond acceptors (Lipinski definition) is 0. The first kappa shape index (κ1) is 19.2. The maximum atomic E-state index is 5.98. The average molecular weight is 465 g/mol. The molecule has 0 amide bonds. The minimum absolute atomic E-state index is 0.0585. The Morgan fingerprint density at radius 2 is 0.842 bits per heavy atom. The molecule has 0 spiro atoms. The van der Waals surface area contributed by atoms with Crippen LogP contribution in [0.1, 0.15) is 16.7 Å². The lowest BCUT2D eigenvalue weighted by molar-refractivity contribution is 1.08. The fourth-order valence-electron chi connectivity index (χ4n) is 1.26. The number of halogens is 10. The Hall–Kier alpha value is 2.12. The lowest BCUT2D eigenvalue weighted by Crippen LogP contribution is -2.15. The van der Waals surface area contributed by atoms with Gasteiger partial charge >= 0.3 is 0 Å². The van der Waals surface area contributed by atoms with E-state index in [9.17, 15) is 0 Å². The molecule has 1 aromatic rings. The summed E-state index contributed by atoms with van der Waals surface area (Å²) in [4.78, 5) is 0. The van der Waals surface area contributed by atoms with E-state index in [1.54, 1.807) is 0 Å². The van der Waals surface area contributed by atoms with Crippen LogP contribution < -0.4 is 0 Å². The topological polar surface area (TPSA) is 0 Å². The molecule has 0 nitrogen and oxygen atoms in total. The number of hydrogen-bond donors (Lipinski definition) is 0. The van der Waals surface area contributed by atoms with E-state index in [1.807, 2.05) is 0 Å². The van der Waals surface area contributed by atoms with Crippen molar-refractivity contribution in [2.24, 2.45) is 0 Å². The maximum absolute atomic E-state index is 5.98. The molecule has 0 radical (unpaired) electrons. The van der Waals surface area contributed by atoms with Gasteiger partial charge in [-0.1, -0.05) is 116 Å². The van der Waals surface area contributed by atoms with Crippen molar-refractivity contribution in [3.63, 3.8) is 0 Å². The quantitative estimate of drug-likeness (QED) is 0.343. The number of alkyl halides is 9. The van der Waals surface area contributed by atoms with Gasteiger partial charge in [-0.25, -0.2) is 0 Å². The van der Waals surface area contributed by atoms with E-state index in [-0.39, 0.29) is 21.7 Å². The van der Waals surface area contributed by atoms with Crippen molar-refractivity contribution in [2.45, 2.75) is 11.4 Å². The van der Waals surface area contributed by atoms with E-state index in [0.717, 1.165) is 0 Å². The van der Waals surface area contributed by atoms with Crippen LogP contribution in [-0.2, 0) is 11.4 Å². The molecule has 0 bridgehead atoms. The zero-order valence-corrected chi connectivity index (χ0v) is 16.0. The molecular weight excluding hydrogens is 463 g/mol. The van der Waals surface area contributed by atoms with Gasteiger partial charge < -0.3 is 0 Å². The highest BCUT2D eigenvalue weighted by atomic mass is 35.6. The lowest BCUT2D eigenvalue weighted by Gasteiger charge is -2.24. The molecule has 0 aliphatic rings. The summed E-state index contributed by atoms with van der Waals surface area (Å²) in [5, 5.41) is 0.0688. The van der Waals surface area contributed by atoms with E-state index in [2.05, 4.69) is 0 Å². The van der Waals surface area contributed by atoms with Gasteiger partial charge in [-0.05, 0) is 12.1 Å². The van der Waals surface area contributed by atoms with Gasteiger partial charge in [0.2, 0.25) is 11.4 Å². The normalized spacial score (nSPS) is 13.8. The molecule has 1 rings (SSSR count). The molecule has 1 aromatic carbocycles. The summed E-state index contributed by atoms with van der Waals surface area (Å²) in [7, 11) is 0. The second-order valence-corrected chi connectivity index (χ2v) is 10.6. The van der Waals surface area contributed by atoms with Crippen molar-refractivity contribution in [3.8, 4) is 0 Å². The zero-order valence-electron chi connectivity index (χ0n) is 8.43. The Bertz CT molecular complexity index is 475. The van der Waals surface area contributed by atoms with Gasteiger partial charge in [-0.2, -0.15) is 0 Å². The van der Waals surface area contributed by atoms with Crippen LogP contribution >= 0.6 is 116 Å². The van der Waals surface area contributed by atoms with Gasteiger partial charge in [0.1, 0.15) is 0 Å². The molecule has 0 fully saturated rings. The number of benzene rings is 1. The molecule has 0 aliphatic heterocycles. The van der Waals surface area contributed by atoms with E-state index in [4.69, 9.17) is 116 Å². The molecule has 0 unspecified atom stereocenters. The molecule has 0 N–H and O–H groups in total. The summed E-state index contributed by atoms with van der Waals surface area (Å²) in [6, 6.07) is 2.56. The molecular formula is C9H2Cl10. The van der Waals surface area contributed by atoms with Gasteiger partial charge in [0.05, 0.1) is 0 Å². The van der Waals surface area contributed by atoms with Crippen LogP contribution in [0.3, 0.4) is 0 Å². The summed E-state index contributed by atoms with van der Waals surface area (Å²) in [5.74, 6) is 0. The van der Waals surface area contributed by atoms with Gasteiger partial charge in [0.25, 0.3) is 0 Å². The third kappa shape index (κ3) is 5.06. The standard InChI is InChI=1S/C9H2Cl10/c10-6-2-4(8(14,15)16)3(7(11,12)13)1-5(6)9(17,18)19/h1-2H. The highest BCUT2D eigenvalue weighted by Gasteiger charge is 2.38. The maximum Gasteiger partial charge on any atom is 0.217 e. The van der Waals surface area contributed by atoms with E-state index in [1.165, 1.54) is 12.1 Å². The monoisotopic (exact) mass is 460 g/mol. The van der Waals surface area contributed by atoms with Crippen molar-refractivity contribution in [3.05, 3.63) is 33.8 Å². The van der Waals surface area contributed by atoms with Crippen LogP contribution in [-0.4, -0.2) is 0 Å². The third-order valence-electron chi connectivity index (χ3n) is 2.02. The molecule has 108 valence electrons. The first-order valence-electron chi connectivity index (χ1n) is 4.29. The van der Waals surface area contributed by atoms with Crippen molar-refractivity contribution in [1.82, 2.24) is 0 Å². The summed E-state index contributed by atoms with van der Waals surface area (Å²) >= 11 is 58.2. The molecule has 0 saturated carbocycles. The average Bonchev–Trinajstić information content (AvgIpc) is 2.11. The predicted octanol–water partition coefficient (Wildman–Crippen LogP) is 7.82. The van der Waals surface area contributed by atoms with Gasteiger partial charge in [-0.15, -0.1) is 0 Å². The Labute approximate surface area is 160 Å². The van der Waals surface area contributed by atoms with Gasteiger partial charge in [0.15, 0.2) is 0 Å². The van der Waals surface area contributed by atoms with E-state index < -0.39 is 11.4 Å². The SMILES string of the molecule is Clc1cc(C(Cl)(Cl)Cl)c(C(Cl)(Cl)Cl)cc1C(Cl)(Cl)Cl. The van der Waals surface area contributed by atoms with Crippen LogP contribution in [0.15, 0.2) is 12.1 Å². The predicted molar refractivity (Wildman–Crippen MR) is 89.2 cm³/mol. The molecule has 0 aliphatic carbocycles. The largest absolute Gasteiger partial charge is 0.217 e. The van der Waals surface area contributed by atoms with Crippen molar-refractivity contribution < 1.29 is 0 Å². The van der Waals surface area contributed by atoms with E-state index in [0.29, 0.717) is 0 Å². The Morgan fingerprint density at radius 1 is 0.526 bits per heavy atom. The third-order valence-corrected chi connectivity index (χ3v) is 4.17. The highest BCUT2D eigenvalue weighted by molar-refractivity contribution is 6.69. The van der Waals surface area contributed by atoms with E-state index >= 15 is 0 Å². The summed E-state index contributed by atoms with van der Waals surface area (Å²) < 4.78 is -5.54. The second kappa shape index (κ2) is 6.32. The molecule has 0 heterocycles. The van der Waals surface area contributed by atoms with Gasteiger partial charge in [0, 0.05) is 21.7 Å². The van der Waals surface area contributed by atoms with Crippen LogP contribution in [0.5, 0.6) is 0 Å². The minimum atomic E-state index is -1.88. The lowest BCUT2D eigenvalue weighted by atomic mass is 10.1. The first-order valence-corrected chi connectivity index (χ1v) is 8.07. The zero-order chi connectivity index (χ0) is 15.2. The fourth-order valence-corrected chi connectivity index (χ4v) is 3.12. The first-order chi connectivity index (χ1) is 8.24. The van der Waals surface area contributed by atoms with Crippen LogP contribution in [0, 0.1) is 0 Å². The molecule has 0 saturated heterocycles. The minimum Gasteiger partial charge on any atom is -0.0839 e.